The lowest BCUT2D eigenvalue weighted by Crippen LogP contribution is -2.33. The Hall–Kier alpha value is -2.79. The number of nitrogens with zero attached hydrogens (tertiary/aromatic N) is 4. The van der Waals surface area contributed by atoms with Crippen molar-refractivity contribution in [1.29, 1.82) is 0 Å². The van der Waals surface area contributed by atoms with Crippen LogP contribution in [-0.4, -0.2) is 66.9 Å². The van der Waals surface area contributed by atoms with Gasteiger partial charge in [0.05, 0.1) is 20.0 Å². The van der Waals surface area contributed by atoms with Gasteiger partial charge in [0, 0.05) is 6.54 Å². The summed E-state index contributed by atoms with van der Waals surface area (Å²) in [6.45, 7) is 0.105. The molecule has 4 atom stereocenters. The van der Waals surface area contributed by atoms with Gasteiger partial charge in [-0.05, 0) is 17.7 Å². The fourth-order valence-electron chi connectivity index (χ4n) is 3.25. The minimum Gasteiger partial charge on any atom is -0.497 e. The second-order valence-corrected chi connectivity index (χ2v) is 6.48. The molecule has 0 aliphatic carbocycles. The molecule has 0 saturated carbocycles. The molecule has 10 nitrogen and oxygen atoms in total. The highest BCUT2D eigenvalue weighted by atomic mass is 16.6. The molecule has 4 rings (SSSR count). The number of aromatic nitrogens is 4. The van der Waals surface area contributed by atoms with Gasteiger partial charge in [-0.1, -0.05) is 12.1 Å². The van der Waals surface area contributed by atoms with Gasteiger partial charge in [-0.2, -0.15) is 0 Å². The third-order valence-electron chi connectivity index (χ3n) is 4.74. The molecule has 28 heavy (non-hydrogen) atoms. The van der Waals surface area contributed by atoms with Crippen molar-refractivity contribution in [3.05, 3.63) is 42.5 Å². The molecule has 2 aromatic heterocycles. The number of hydrogen-bond acceptors (Lipinski definition) is 9. The summed E-state index contributed by atoms with van der Waals surface area (Å²) in [6.07, 6.45) is -1.33. The number of fused-ring (bicyclic) bond motifs is 1. The second-order valence-electron chi connectivity index (χ2n) is 6.48. The predicted octanol–water partition coefficient (Wildman–Crippen LogP) is 0.0585. The smallest absolute Gasteiger partial charge is 0.167 e. The predicted molar refractivity (Wildman–Crippen MR) is 98.7 cm³/mol. The van der Waals surface area contributed by atoms with E-state index in [4.69, 9.17) is 9.47 Å². The molecule has 1 saturated heterocycles. The molecular formula is C18H21N5O5. The SMILES string of the molecule is COc1cccc(CNc2ncnc3c2ncn3[C@@H]2O[C@H](CO)[C@@H](O)C2O)c1. The van der Waals surface area contributed by atoms with Crippen molar-refractivity contribution in [3.8, 4) is 5.75 Å². The number of rotatable bonds is 6. The third kappa shape index (κ3) is 3.27. The van der Waals surface area contributed by atoms with Crippen LogP contribution >= 0.6 is 0 Å². The van der Waals surface area contributed by atoms with E-state index in [2.05, 4.69) is 20.3 Å². The summed E-state index contributed by atoms with van der Waals surface area (Å²) in [4.78, 5) is 12.8. The molecule has 148 valence electrons. The molecule has 0 spiro atoms. The number of hydrogen-bond donors (Lipinski definition) is 4. The summed E-state index contributed by atoms with van der Waals surface area (Å²) in [7, 11) is 1.62. The lowest BCUT2D eigenvalue weighted by Gasteiger charge is -2.16. The molecule has 1 aliphatic heterocycles. The van der Waals surface area contributed by atoms with E-state index in [1.807, 2.05) is 24.3 Å². The minimum atomic E-state index is -1.21. The Labute approximate surface area is 160 Å². The van der Waals surface area contributed by atoms with E-state index in [9.17, 15) is 15.3 Å². The van der Waals surface area contributed by atoms with E-state index in [1.165, 1.54) is 17.2 Å². The van der Waals surface area contributed by atoms with E-state index in [0.717, 1.165) is 11.3 Å². The molecule has 1 aromatic carbocycles. The van der Waals surface area contributed by atoms with Gasteiger partial charge < -0.3 is 30.1 Å². The number of aliphatic hydroxyl groups is 3. The van der Waals surface area contributed by atoms with E-state index in [-0.39, 0.29) is 0 Å². The van der Waals surface area contributed by atoms with Crippen LogP contribution in [-0.2, 0) is 11.3 Å². The number of ether oxygens (including phenoxy) is 2. The van der Waals surface area contributed by atoms with Gasteiger partial charge in [0.25, 0.3) is 0 Å². The molecule has 4 N–H and O–H groups in total. The van der Waals surface area contributed by atoms with Crippen LogP contribution in [0.15, 0.2) is 36.9 Å². The maximum Gasteiger partial charge on any atom is 0.167 e. The van der Waals surface area contributed by atoms with Gasteiger partial charge in [0.1, 0.15) is 30.4 Å². The summed E-state index contributed by atoms with van der Waals surface area (Å²) in [6, 6.07) is 7.66. The Morgan fingerprint density at radius 1 is 1.21 bits per heavy atom. The van der Waals surface area contributed by atoms with Crippen molar-refractivity contribution in [2.24, 2.45) is 0 Å². The summed E-state index contributed by atoms with van der Waals surface area (Å²) in [5.41, 5.74) is 1.95. The summed E-state index contributed by atoms with van der Waals surface area (Å²) in [5, 5.41) is 32.7. The summed E-state index contributed by atoms with van der Waals surface area (Å²) in [5.74, 6) is 1.29. The van der Waals surface area contributed by atoms with Crippen molar-refractivity contribution < 1.29 is 24.8 Å². The first kappa shape index (κ1) is 18.6. The molecule has 1 aliphatic rings. The van der Waals surface area contributed by atoms with Crippen molar-refractivity contribution in [2.45, 2.75) is 31.1 Å². The largest absolute Gasteiger partial charge is 0.497 e. The van der Waals surface area contributed by atoms with E-state index in [0.29, 0.717) is 23.5 Å². The first-order valence-electron chi connectivity index (χ1n) is 8.79. The normalized spacial score (nSPS) is 24.6. The minimum absolute atomic E-state index is 0.399. The lowest BCUT2D eigenvalue weighted by atomic mass is 10.1. The van der Waals surface area contributed by atoms with Crippen molar-refractivity contribution >= 4 is 17.0 Å². The Bertz CT molecular complexity index is 964. The number of benzene rings is 1. The topological polar surface area (TPSA) is 135 Å². The zero-order chi connectivity index (χ0) is 19.7. The highest BCUT2D eigenvalue weighted by Gasteiger charge is 2.44. The molecule has 10 heteroatoms. The number of imidazole rings is 1. The quantitative estimate of drug-likeness (QED) is 0.463. The van der Waals surface area contributed by atoms with Gasteiger partial charge in [-0.3, -0.25) is 4.57 Å². The van der Waals surface area contributed by atoms with Crippen molar-refractivity contribution in [1.82, 2.24) is 19.5 Å². The van der Waals surface area contributed by atoms with E-state index in [1.54, 1.807) is 7.11 Å². The van der Waals surface area contributed by atoms with Crippen LogP contribution in [0.25, 0.3) is 11.2 Å². The highest BCUT2D eigenvalue weighted by molar-refractivity contribution is 5.82. The highest BCUT2D eigenvalue weighted by Crippen LogP contribution is 2.32. The number of nitrogens with one attached hydrogen (secondary N) is 1. The molecule has 1 fully saturated rings. The Morgan fingerprint density at radius 3 is 2.82 bits per heavy atom. The van der Waals surface area contributed by atoms with Crippen molar-refractivity contribution in [3.63, 3.8) is 0 Å². The van der Waals surface area contributed by atoms with Gasteiger partial charge in [0.2, 0.25) is 0 Å². The van der Waals surface area contributed by atoms with Gasteiger partial charge in [0.15, 0.2) is 23.2 Å². The van der Waals surface area contributed by atoms with E-state index < -0.39 is 31.1 Å². The van der Waals surface area contributed by atoms with Crippen molar-refractivity contribution in [2.75, 3.05) is 19.0 Å². The molecular weight excluding hydrogens is 366 g/mol. The maximum absolute atomic E-state index is 10.3. The molecule has 1 unspecified atom stereocenters. The monoisotopic (exact) mass is 387 g/mol. The standard InChI is InChI=1S/C18H21N5O5/c1-27-11-4-2-3-10(5-11)6-19-16-13-17(21-8-20-16)23(9-22-13)18-15(26)14(25)12(7-24)28-18/h2-5,8-9,12,14-15,18,24-26H,6-7H2,1H3,(H,19,20,21)/t12-,14-,15?,18-/m1/s1. The summed E-state index contributed by atoms with van der Waals surface area (Å²) >= 11 is 0. The fourth-order valence-corrected chi connectivity index (χ4v) is 3.25. The Balaban J connectivity index is 1.58. The van der Waals surface area contributed by atoms with Crippen LogP contribution in [0.5, 0.6) is 5.75 Å². The number of anilines is 1. The Kier molecular flexibility index (Phi) is 5.09. The van der Waals surface area contributed by atoms with Gasteiger partial charge >= 0.3 is 0 Å². The van der Waals surface area contributed by atoms with Crippen LogP contribution < -0.4 is 10.1 Å². The molecule has 0 bridgehead atoms. The van der Waals surface area contributed by atoms with Crippen LogP contribution in [0.4, 0.5) is 5.82 Å². The molecule has 0 radical (unpaired) electrons. The van der Waals surface area contributed by atoms with Gasteiger partial charge in [-0.25, -0.2) is 15.0 Å². The van der Waals surface area contributed by atoms with Crippen LogP contribution in [0, 0.1) is 0 Å². The van der Waals surface area contributed by atoms with Gasteiger partial charge in [-0.15, -0.1) is 0 Å². The maximum atomic E-state index is 10.3. The average Bonchev–Trinajstić information content (AvgIpc) is 3.28. The van der Waals surface area contributed by atoms with Crippen LogP contribution in [0.3, 0.4) is 0 Å². The second kappa shape index (κ2) is 7.68. The first-order valence-corrected chi connectivity index (χ1v) is 8.79. The third-order valence-corrected chi connectivity index (χ3v) is 4.74. The lowest BCUT2D eigenvalue weighted by molar-refractivity contribution is -0.0511. The van der Waals surface area contributed by atoms with E-state index >= 15 is 0 Å². The number of methoxy groups -OCH3 is 1. The Morgan fingerprint density at radius 2 is 2.07 bits per heavy atom. The van der Waals surface area contributed by atoms with Crippen LogP contribution in [0.2, 0.25) is 0 Å². The average molecular weight is 387 g/mol. The zero-order valence-electron chi connectivity index (χ0n) is 15.1. The summed E-state index contributed by atoms with van der Waals surface area (Å²) < 4.78 is 12.3. The first-order chi connectivity index (χ1) is 13.6. The zero-order valence-corrected chi connectivity index (χ0v) is 15.1. The molecule has 0 amide bonds. The fraction of sp³-hybridized carbons (Fsp3) is 0.389. The van der Waals surface area contributed by atoms with Crippen LogP contribution in [0.1, 0.15) is 11.8 Å². The number of aliphatic hydroxyl groups excluding tert-OH is 3. The molecule has 3 aromatic rings. The molecule has 3 heterocycles.